The standard InChI is InChI=1S/C18H27N3/c1-12-18(13(2)21(5)19-12)16-8-6-7-14-9-10-15(20(3)4)11-17(14)16/h6-8,13,15,19H,9-11H2,1-5H3/t13?,15-/m0/s1. The Labute approximate surface area is 128 Å². The normalized spacial score (nSPS) is 26.2. The van der Waals surface area contributed by atoms with E-state index in [4.69, 9.17) is 0 Å². The second-order valence-corrected chi connectivity index (χ2v) is 6.74. The van der Waals surface area contributed by atoms with Gasteiger partial charge in [0.1, 0.15) is 0 Å². The lowest BCUT2D eigenvalue weighted by atomic mass is 9.81. The van der Waals surface area contributed by atoms with Gasteiger partial charge in [-0.1, -0.05) is 18.2 Å². The average molecular weight is 285 g/mol. The molecule has 3 nitrogen and oxygen atoms in total. The Morgan fingerprint density at radius 1 is 1.29 bits per heavy atom. The van der Waals surface area contributed by atoms with E-state index in [9.17, 15) is 0 Å². The molecule has 0 saturated heterocycles. The van der Waals surface area contributed by atoms with Gasteiger partial charge in [-0.3, -0.25) is 0 Å². The molecule has 1 N–H and O–H groups in total. The van der Waals surface area contributed by atoms with Crippen molar-refractivity contribution < 1.29 is 0 Å². The lowest BCUT2D eigenvalue weighted by Gasteiger charge is -2.32. The molecule has 0 aromatic heterocycles. The van der Waals surface area contributed by atoms with Crippen molar-refractivity contribution in [2.75, 3.05) is 21.1 Å². The van der Waals surface area contributed by atoms with Crippen molar-refractivity contribution in [2.24, 2.45) is 0 Å². The largest absolute Gasteiger partial charge is 0.323 e. The SMILES string of the molecule is CC1=C(c2cccc3c2C[C@@H](N(C)C)CC3)C(C)N(C)N1. The zero-order valence-electron chi connectivity index (χ0n) is 13.9. The first-order valence-corrected chi connectivity index (χ1v) is 7.97. The van der Waals surface area contributed by atoms with Gasteiger partial charge in [0.2, 0.25) is 0 Å². The number of aryl methyl sites for hydroxylation is 1. The number of hydrogen-bond acceptors (Lipinski definition) is 3. The summed E-state index contributed by atoms with van der Waals surface area (Å²) in [7, 11) is 6.53. The third-order valence-corrected chi connectivity index (χ3v) is 5.23. The van der Waals surface area contributed by atoms with E-state index in [-0.39, 0.29) is 0 Å². The van der Waals surface area contributed by atoms with Crippen molar-refractivity contribution in [3.8, 4) is 0 Å². The average Bonchev–Trinajstić information content (AvgIpc) is 2.71. The second kappa shape index (κ2) is 5.47. The predicted octanol–water partition coefficient (Wildman–Crippen LogP) is 2.68. The second-order valence-electron chi connectivity index (χ2n) is 6.74. The first-order chi connectivity index (χ1) is 9.99. The fourth-order valence-corrected chi connectivity index (χ4v) is 3.82. The van der Waals surface area contributed by atoms with Crippen LogP contribution in [-0.4, -0.2) is 43.1 Å². The minimum atomic E-state index is 0.427. The summed E-state index contributed by atoms with van der Waals surface area (Å²) in [6.45, 7) is 4.48. The van der Waals surface area contributed by atoms with Gasteiger partial charge in [0.25, 0.3) is 0 Å². The third kappa shape index (κ3) is 2.49. The lowest BCUT2D eigenvalue weighted by molar-refractivity contribution is 0.262. The van der Waals surface area contributed by atoms with Gasteiger partial charge >= 0.3 is 0 Å². The van der Waals surface area contributed by atoms with E-state index in [0.717, 1.165) is 0 Å². The fraction of sp³-hybridized carbons (Fsp3) is 0.556. The van der Waals surface area contributed by atoms with Crippen LogP contribution < -0.4 is 5.43 Å². The van der Waals surface area contributed by atoms with E-state index in [2.05, 4.69) is 68.5 Å². The van der Waals surface area contributed by atoms with Crippen LogP contribution in [-0.2, 0) is 12.8 Å². The number of rotatable bonds is 2. The highest BCUT2D eigenvalue weighted by molar-refractivity contribution is 5.76. The Morgan fingerprint density at radius 3 is 2.67 bits per heavy atom. The van der Waals surface area contributed by atoms with Crippen molar-refractivity contribution in [2.45, 2.75) is 45.2 Å². The van der Waals surface area contributed by atoms with Gasteiger partial charge in [-0.15, -0.1) is 0 Å². The van der Waals surface area contributed by atoms with Gasteiger partial charge in [-0.25, -0.2) is 5.01 Å². The molecule has 0 radical (unpaired) electrons. The number of hydrogen-bond donors (Lipinski definition) is 1. The Balaban J connectivity index is 2.04. The molecule has 2 atom stereocenters. The highest BCUT2D eigenvalue weighted by Gasteiger charge is 2.29. The minimum Gasteiger partial charge on any atom is -0.323 e. The highest BCUT2D eigenvalue weighted by Crippen LogP contribution is 2.35. The van der Waals surface area contributed by atoms with E-state index >= 15 is 0 Å². The van der Waals surface area contributed by atoms with Crippen molar-refractivity contribution >= 4 is 5.57 Å². The molecule has 1 aromatic rings. The molecular weight excluding hydrogens is 258 g/mol. The van der Waals surface area contributed by atoms with Gasteiger partial charge in [0, 0.05) is 18.8 Å². The highest BCUT2D eigenvalue weighted by atomic mass is 15.5. The molecule has 0 fully saturated rings. The van der Waals surface area contributed by atoms with Crippen LogP contribution in [0.1, 0.15) is 37.0 Å². The number of benzene rings is 1. The molecule has 0 bridgehead atoms. The lowest BCUT2D eigenvalue weighted by Crippen LogP contribution is -2.34. The number of nitrogens with zero attached hydrogens (tertiary/aromatic N) is 2. The van der Waals surface area contributed by atoms with Gasteiger partial charge in [0.15, 0.2) is 0 Å². The summed E-state index contributed by atoms with van der Waals surface area (Å²) in [5.41, 5.74) is 10.8. The quantitative estimate of drug-likeness (QED) is 0.901. The Morgan fingerprint density at radius 2 is 2.05 bits per heavy atom. The molecule has 0 amide bonds. The summed E-state index contributed by atoms with van der Waals surface area (Å²) in [6, 6.07) is 7.96. The zero-order chi connectivity index (χ0) is 15.1. The summed E-state index contributed by atoms with van der Waals surface area (Å²) in [4.78, 5) is 2.38. The molecule has 3 rings (SSSR count). The van der Waals surface area contributed by atoms with Crippen molar-refractivity contribution in [3.05, 3.63) is 40.6 Å². The number of allylic oxidation sites excluding steroid dienone is 1. The van der Waals surface area contributed by atoms with E-state index < -0.39 is 0 Å². The zero-order valence-corrected chi connectivity index (χ0v) is 13.9. The van der Waals surface area contributed by atoms with Gasteiger partial charge in [-0.05, 0) is 69.5 Å². The maximum absolute atomic E-state index is 3.46. The summed E-state index contributed by atoms with van der Waals surface area (Å²) in [6.07, 6.45) is 3.65. The van der Waals surface area contributed by atoms with E-state index in [1.807, 2.05) is 0 Å². The summed E-state index contributed by atoms with van der Waals surface area (Å²) >= 11 is 0. The summed E-state index contributed by atoms with van der Waals surface area (Å²) in [5, 5.41) is 2.20. The molecule has 0 spiro atoms. The van der Waals surface area contributed by atoms with E-state index in [1.54, 1.807) is 11.1 Å². The molecule has 1 aromatic carbocycles. The number of likely N-dealkylation sites (N-methyl/N-ethyl adjacent to an activating group) is 2. The van der Waals surface area contributed by atoms with Crippen LogP contribution in [0.5, 0.6) is 0 Å². The smallest absolute Gasteiger partial charge is 0.0532 e. The third-order valence-electron chi connectivity index (χ3n) is 5.23. The van der Waals surface area contributed by atoms with Gasteiger partial charge in [-0.2, -0.15) is 0 Å². The maximum atomic E-state index is 3.46. The van der Waals surface area contributed by atoms with Crippen LogP contribution in [0.15, 0.2) is 23.9 Å². The Bertz CT molecular complexity index is 574. The molecule has 1 aliphatic heterocycles. The number of hydrazine groups is 1. The predicted molar refractivity (Wildman–Crippen MR) is 88.9 cm³/mol. The Kier molecular flexibility index (Phi) is 3.80. The molecule has 21 heavy (non-hydrogen) atoms. The first kappa shape index (κ1) is 14.6. The molecule has 1 aliphatic carbocycles. The minimum absolute atomic E-state index is 0.427. The monoisotopic (exact) mass is 285 g/mol. The van der Waals surface area contributed by atoms with E-state index in [1.165, 1.54) is 36.1 Å². The van der Waals surface area contributed by atoms with Crippen molar-refractivity contribution in [1.29, 1.82) is 0 Å². The molecule has 0 saturated carbocycles. The molecular formula is C18H27N3. The van der Waals surface area contributed by atoms with E-state index in [0.29, 0.717) is 12.1 Å². The molecule has 114 valence electrons. The fourth-order valence-electron chi connectivity index (χ4n) is 3.82. The van der Waals surface area contributed by atoms with Gasteiger partial charge < -0.3 is 10.3 Å². The number of fused-ring (bicyclic) bond motifs is 1. The van der Waals surface area contributed by atoms with Crippen LogP contribution in [0.2, 0.25) is 0 Å². The molecule has 3 heteroatoms. The molecule has 2 aliphatic rings. The molecule has 1 heterocycles. The first-order valence-electron chi connectivity index (χ1n) is 7.97. The van der Waals surface area contributed by atoms with Gasteiger partial charge in [0.05, 0.1) is 6.04 Å². The van der Waals surface area contributed by atoms with Crippen LogP contribution in [0.3, 0.4) is 0 Å². The summed E-state index contributed by atoms with van der Waals surface area (Å²) in [5.74, 6) is 0. The number of nitrogens with one attached hydrogen (secondary N) is 1. The topological polar surface area (TPSA) is 18.5 Å². The van der Waals surface area contributed by atoms with Crippen molar-refractivity contribution in [3.63, 3.8) is 0 Å². The van der Waals surface area contributed by atoms with Crippen LogP contribution >= 0.6 is 0 Å². The van der Waals surface area contributed by atoms with Crippen LogP contribution in [0.25, 0.3) is 5.57 Å². The van der Waals surface area contributed by atoms with Crippen LogP contribution in [0.4, 0.5) is 0 Å². The molecule has 1 unspecified atom stereocenters. The summed E-state index contributed by atoms with van der Waals surface area (Å²) < 4.78 is 0. The van der Waals surface area contributed by atoms with Crippen molar-refractivity contribution in [1.82, 2.24) is 15.3 Å². The van der Waals surface area contributed by atoms with Crippen LogP contribution in [0, 0.1) is 0 Å². The maximum Gasteiger partial charge on any atom is 0.0532 e. The Hall–Kier alpha value is -1.32.